The van der Waals surface area contributed by atoms with Crippen molar-refractivity contribution in [2.45, 2.75) is 66.2 Å². The van der Waals surface area contributed by atoms with Crippen molar-refractivity contribution < 1.29 is 0 Å². The maximum Gasteiger partial charge on any atom is 0.251 e. The lowest BCUT2D eigenvalue weighted by atomic mass is 9.32. The fourth-order valence-electron chi connectivity index (χ4n) is 7.66. The van der Waals surface area contributed by atoms with Gasteiger partial charge in [0.15, 0.2) is 0 Å². The van der Waals surface area contributed by atoms with Crippen molar-refractivity contribution in [1.29, 1.82) is 0 Å². The average Bonchev–Trinajstić information content (AvgIpc) is 3.36. The van der Waals surface area contributed by atoms with Crippen molar-refractivity contribution in [2.75, 3.05) is 0 Å². The van der Waals surface area contributed by atoms with Crippen LogP contribution in [0.2, 0.25) is 0 Å². The van der Waals surface area contributed by atoms with Crippen LogP contribution in [0.1, 0.15) is 64.1 Å². The predicted octanol–water partition coefficient (Wildman–Crippen LogP) is 7.06. The fraction of sp³-hybridized carbons (Fsp3) is 0.278. The van der Waals surface area contributed by atoms with Crippen LogP contribution in [0.5, 0.6) is 0 Å². The number of aryl methyl sites for hydroxylation is 1. The summed E-state index contributed by atoms with van der Waals surface area (Å²) in [7, 11) is 0. The van der Waals surface area contributed by atoms with Gasteiger partial charge in [-0.1, -0.05) is 102 Å². The zero-order valence-corrected chi connectivity index (χ0v) is 24.3. The Labute approximate surface area is 231 Å². The highest BCUT2D eigenvalue weighted by atomic mass is 15.2. The number of hydrogen-bond donors (Lipinski definition) is 0. The Balaban J connectivity index is 1.65. The summed E-state index contributed by atoms with van der Waals surface area (Å²) < 4.78 is 5.09. The van der Waals surface area contributed by atoms with E-state index in [4.69, 9.17) is 0 Å². The van der Waals surface area contributed by atoms with Gasteiger partial charge in [-0.2, -0.15) is 0 Å². The summed E-state index contributed by atoms with van der Waals surface area (Å²) in [5, 5.41) is 4.22. The molecule has 0 fully saturated rings. The number of hydrogen-bond acceptors (Lipinski definition) is 0. The molecule has 2 aliphatic rings. The molecule has 0 radical (unpaired) electrons. The lowest BCUT2D eigenvalue weighted by molar-refractivity contribution is 0.590. The molecule has 0 saturated carbocycles. The Bertz CT molecular complexity index is 2050. The van der Waals surface area contributed by atoms with Gasteiger partial charge in [0.1, 0.15) is 5.65 Å². The largest absolute Gasteiger partial charge is 0.299 e. The van der Waals surface area contributed by atoms with Crippen molar-refractivity contribution in [2.24, 2.45) is 0 Å². The van der Waals surface area contributed by atoms with Gasteiger partial charge in [-0.25, -0.2) is 0 Å². The molecule has 4 heterocycles. The first-order valence-corrected chi connectivity index (χ1v) is 14.3. The zero-order chi connectivity index (χ0) is 27.2. The number of benzene rings is 4. The van der Waals surface area contributed by atoms with Crippen molar-refractivity contribution >= 4 is 50.4 Å². The SMILES string of the molecule is Cc1c(C)n2c3ccccc3c3c2n1-c1cc(C(C)(C)C)cc2c1B3c1cccc3c(C(C)(C)C)ccc-2c13. The van der Waals surface area contributed by atoms with Gasteiger partial charge in [-0.15, -0.1) is 0 Å². The third kappa shape index (κ3) is 2.74. The minimum atomic E-state index is 0.0435. The monoisotopic (exact) mass is 506 g/mol. The number of para-hydroxylation sites is 1. The molecule has 2 aromatic heterocycles. The maximum atomic E-state index is 2.57. The topological polar surface area (TPSA) is 9.34 Å². The zero-order valence-electron chi connectivity index (χ0n) is 24.3. The van der Waals surface area contributed by atoms with Crippen LogP contribution in [0.3, 0.4) is 0 Å². The van der Waals surface area contributed by atoms with Gasteiger partial charge in [0.25, 0.3) is 6.71 Å². The molecule has 0 N–H and O–H groups in total. The smallest absolute Gasteiger partial charge is 0.251 e. The van der Waals surface area contributed by atoms with E-state index in [0.717, 1.165) is 0 Å². The number of fused-ring (bicyclic) bond motifs is 7. The third-order valence-electron chi connectivity index (χ3n) is 9.62. The highest BCUT2D eigenvalue weighted by molar-refractivity contribution is 7.02. The van der Waals surface area contributed by atoms with Gasteiger partial charge in [0.2, 0.25) is 0 Å². The maximum absolute atomic E-state index is 2.57. The van der Waals surface area contributed by atoms with E-state index in [0.29, 0.717) is 0 Å². The molecule has 3 heteroatoms. The van der Waals surface area contributed by atoms with Crippen molar-refractivity contribution in [3.8, 4) is 16.8 Å². The molecule has 0 saturated heterocycles. The summed E-state index contributed by atoms with van der Waals surface area (Å²) in [6.07, 6.45) is 0. The second kappa shape index (κ2) is 7.07. The van der Waals surface area contributed by atoms with Crippen LogP contribution >= 0.6 is 0 Å². The summed E-state index contributed by atoms with van der Waals surface area (Å²) >= 11 is 0. The molecule has 192 valence electrons. The second-order valence-electron chi connectivity index (χ2n) is 13.9. The molecule has 0 bridgehead atoms. The second-order valence-corrected chi connectivity index (χ2v) is 13.9. The van der Waals surface area contributed by atoms with Crippen LogP contribution < -0.4 is 16.4 Å². The van der Waals surface area contributed by atoms with Crippen molar-refractivity contribution in [3.05, 3.63) is 89.2 Å². The van der Waals surface area contributed by atoms with E-state index in [2.05, 4.69) is 131 Å². The van der Waals surface area contributed by atoms with Crippen LogP contribution in [0.4, 0.5) is 0 Å². The lowest BCUT2D eigenvalue weighted by Gasteiger charge is -2.36. The van der Waals surface area contributed by atoms with E-state index in [9.17, 15) is 0 Å². The molecule has 0 spiro atoms. The van der Waals surface area contributed by atoms with E-state index >= 15 is 0 Å². The summed E-state index contributed by atoms with van der Waals surface area (Å²) in [4.78, 5) is 0. The Morgan fingerprint density at radius 2 is 1.41 bits per heavy atom. The van der Waals surface area contributed by atoms with Crippen LogP contribution in [-0.2, 0) is 10.8 Å². The molecule has 4 aromatic carbocycles. The molecular formula is C36H35BN2. The van der Waals surface area contributed by atoms with E-state index in [1.54, 1.807) is 0 Å². The summed E-state index contributed by atoms with van der Waals surface area (Å²) in [5.41, 5.74) is 16.8. The van der Waals surface area contributed by atoms with Crippen LogP contribution in [0.25, 0.3) is 44.1 Å². The van der Waals surface area contributed by atoms with E-state index in [1.165, 1.54) is 83.0 Å². The molecular weight excluding hydrogens is 471 g/mol. The van der Waals surface area contributed by atoms with E-state index in [-0.39, 0.29) is 17.5 Å². The molecule has 0 amide bonds. The molecule has 6 aromatic rings. The molecule has 2 aliphatic heterocycles. The first-order valence-electron chi connectivity index (χ1n) is 14.3. The van der Waals surface area contributed by atoms with E-state index < -0.39 is 0 Å². The predicted molar refractivity (Wildman–Crippen MR) is 169 cm³/mol. The first-order chi connectivity index (χ1) is 18.5. The Hall–Kier alpha value is -3.72. The minimum Gasteiger partial charge on any atom is -0.299 e. The summed E-state index contributed by atoms with van der Waals surface area (Å²) in [6.45, 7) is 18.8. The molecule has 0 atom stereocenters. The Morgan fingerprint density at radius 1 is 0.667 bits per heavy atom. The molecule has 39 heavy (non-hydrogen) atoms. The molecule has 2 nitrogen and oxygen atoms in total. The minimum absolute atomic E-state index is 0.0435. The van der Waals surface area contributed by atoms with Gasteiger partial charge in [0.05, 0.1) is 5.52 Å². The quantitative estimate of drug-likeness (QED) is 0.195. The molecule has 0 unspecified atom stereocenters. The molecule has 8 rings (SSSR count). The highest BCUT2D eigenvalue weighted by Gasteiger charge is 2.43. The Morgan fingerprint density at radius 3 is 2.15 bits per heavy atom. The molecule has 0 aliphatic carbocycles. The fourth-order valence-corrected chi connectivity index (χ4v) is 7.66. The highest BCUT2D eigenvalue weighted by Crippen LogP contribution is 2.42. The van der Waals surface area contributed by atoms with Gasteiger partial charge in [0, 0.05) is 17.1 Å². The summed E-state index contributed by atoms with van der Waals surface area (Å²) in [6, 6.07) is 25.9. The van der Waals surface area contributed by atoms with Crippen LogP contribution in [0.15, 0.2) is 66.7 Å². The van der Waals surface area contributed by atoms with E-state index in [1.807, 2.05) is 0 Å². The first kappa shape index (κ1) is 23.2. The standard InChI is InChI=1S/C36H35BN2/c1-20-21(2)39-30-19-22(35(3,4)5)18-26-23-16-17-27(36(6,7)8)24-13-11-14-28(31(23)24)37(32(26)30)33-25-12-9-10-15-29(25)38(20)34(33)39/h9-19H,1-8H3. The number of rotatable bonds is 0. The van der Waals surface area contributed by atoms with Gasteiger partial charge >= 0.3 is 0 Å². The Kier molecular flexibility index (Phi) is 4.21. The van der Waals surface area contributed by atoms with Gasteiger partial charge in [-0.3, -0.25) is 8.97 Å². The number of aromatic nitrogens is 2. The summed E-state index contributed by atoms with van der Waals surface area (Å²) in [5.74, 6) is 0. The van der Waals surface area contributed by atoms with Crippen molar-refractivity contribution in [3.63, 3.8) is 0 Å². The van der Waals surface area contributed by atoms with Gasteiger partial charge < -0.3 is 0 Å². The normalized spacial score (nSPS) is 14.1. The van der Waals surface area contributed by atoms with Crippen LogP contribution in [-0.4, -0.2) is 15.7 Å². The average molecular weight is 507 g/mol. The lowest BCUT2D eigenvalue weighted by Crippen LogP contribution is -2.58. The van der Waals surface area contributed by atoms with Crippen LogP contribution in [0, 0.1) is 13.8 Å². The third-order valence-corrected chi connectivity index (χ3v) is 9.62. The number of imidazole rings is 1. The number of nitrogens with zero attached hydrogens (tertiary/aromatic N) is 2. The van der Waals surface area contributed by atoms with Gasteiger partial charge in [-0.05, 0) is 86.1 Å². The van der Waals surface area contributed by atoms with Crippen molar-refractivity contribution in [1.82, 2.24) is 8.97 Å².